The van der Waals surface area contributed by atoms with Crippen molar-refractivity contribution in [3.8, 4) is 45.3 Å². The lowest BCUT2D eigenvalue weighted by molar-refractivity contribution is 0.0732. The summed E-state index contributed by atoms with van der Waals surface area (Å²) in [5, 5.41) is 20.4. The maximum absolute atomic E-state index is 13.5. The Kier molecular flexibility index (Phi) is 8.96. The van der Waals surface area contributed by atoms with Crippen LogP contribution in [0.1, 0.15) is 63.9 Å². The van der Waals surface area contributed by atoms with Gasteiger partial charge in [-0.15, -0.1) is 11.3 Å². The molecule has 0 fully saturated rings. The predicted octanol–water partition coefficient (Wildman–Crippen LogP) is 12.3. The van der Waals surface area contributed by atoms with E-state index in [1.54, 1.807) is 60.7 Å². The third-order valence-corrected chi connectivity index (χ3v) is 13.6. The van der Waals surface area contributed by atoms with Crippen molar-refractivity contribution < 1.29 is 29.3 Å². The number of carbonyl (C=O) groups excluding carboxylic acids is 2. The lowest BCUT2D eigenvalue weighted by atomic mass is 9.68. The van der Waals surface area contributed by atoms with Gasteiger partial charge in [-0.1, -0.05) is 146 Å². The van der Waals surface area contributed by atoms with Crippen molar-refractivity contribution in [2.75, 3.05) is 0 Å². The van der Waals surface area contributed by atoms with Crippen LogP contribution in [-0.4, -0.2) is 22.2 Å². The Morgan fingerprint density at radius 3 is 0.921 bits per heavy atom. The summed E-state index contributed by atoms with van der Waals surface area (Å²) in [7, 11) is 0. The van der Waals surface area contributed by atoms with Gasteiger partial charge >= 0.3 is 11.9 Å². The second-order valence-electron chi connectivity index (χ2n) is 15.8. The summed E-state index contributed by atoms with van der Waals surface area (Å²) < 4.78 is 11.7. The lowest BCUT2D eigenvalue weighted by Gasteiger charge is -2.34. The number of carbonyl (C=O) groups is 2. The molecule has 2 aliphatic carbocycles. The first kappa shape index (κ1) is 38.0. The predicted molar refractivity (Wildman–Crippen MR) is 245 cm³/mol. The van der Waals surface area contributed by atoms with E-state index in [0.29, 0.717) is 11.5 Å². The van der Waals surface area contributed by atoms with E-state index in [1.165, 1.54) is 0 Å². The Morgan fingerprint density at radius 1 is 0.349 bits per heavy atom. The number of hydrogen-bond acceptors (Lipinski definition) is 7. The van der Waals surface area contributed by atoms with Gasteiger partial charge < -0.3 is 19.7 Å². The van der Waals surface area contributed by atoms with Crippen LogP contribution in [0.4, 0.5) is 0 Å². The molecule has 11 rings (SSSR count). The standard InChI is InChI=1S/C56H36O6S/c57-39-25-17-35(18-26-39)55(47-13-5-1-9-43(47)44-10-2-6-14-48(44)55)37-21-29-41(30-22-37)61-53(59)51-33-34-52(63-51)54(60)62-42-31-23-38(24-32-42)56(36-19-27-40(58)28-20-36)49-15-7-3-11-45(49)46-12-4-8-16-50(46)56/h1-34,57-58H. The summed E-state index contributed by atoms with van der Waals surface area (Å²) >= 11 is 1.01. The van der Waals surface area contributed by atoms with Crippen LogP contribution in [0.3, 0.4) is 0 Å². The van der Waals surface area contributed by atoms with E-state index in [1.807, 2.05) is 97.1 Å². The molecular weight excluding hydrogens is 801 g/mol. The molecule has 0 saturated carbocycles. The van der Waals surface area contributed by atoms with E-state index >= 15 is 0 Å². The molecule has 9 aromatic rings. The van der Waals surface area contributed by atoms with Crippen LogP contribution in [-0.2, 0) is 10.8 Å². The normalized spacial score (nSPS) is 13.6. The molecule has 0 aliphatic heterocycles. The maximum atomic E-state index is 13.5. The van der Waals surface area contributed by atoms with Crippen molar-refractivity contribution in [1.82, 2.24) is 0 Å². The first-order chi connectivity index (χ1) is 30.8. The van der Waals surface area contributed by atoms with Crippen molar-refractivity contribution in [2.45, 2.75) is 10.8 Å². The smallest absolute Gasteiger partial charge is 0.353 e. The molecule has 1 aromatic heterocycles. The molecule has 0 unspecified atom stereocenters. The Morgan fingerprint density at radius 2 is 0.619 bits per heavy atom. The second-order valence-corrected chi connectivity index (χ2v) is 16.9. The second kappa shape index (κ2) is 14.9. The molecule has 0 saturated heterocycles. The molecule has 2 N–H and O–H groups in total. The average molecular weight is 837 g/mol. The fourth-order valence-corrected chi connectivity index (χ4v) is 10.6. The van der Waals surface area contributed by atoms with E-state index in [9.17, 15) is 19.8 Å². The van der Waals surface area contributed by atoms with Gasteiger partial charge in [-0.2, -0.15) is 0 Å². The highest BCUT2D eigenvalue weighted by Gasteiger charge is 2.47. The Balaban J connectivity index is 0.838. The van der Waals surface area contributed by atoms with Crippen LogP contribution in [0.5, 0.6) is 23.0 Å². The number of phenols is 2. The van der Waals surface area contributed by atoms with E-state index in [4.69, 9.17) is 9.47 Å². The highest BCUT2D eigenvalue weighted by atomic mass is 32.1. The summed E-state index contributed by atoms with van der Waals surface area (Å²) in [5.41, 5.74) is 11.7. The van der Waals surface area contributed by atoms with Gasteiger partial charge in [0.15, 0.2) is 0 Å². The van der Waals surface area contributed by atoms with Crippen molar-refractivity contribution in [2.24, 2.45) is 0 Å². The zero-order valence-electron chi connectivity index (χ0n) is 33.6. The minimum atomic E-state index is -0.672. The molecule has 6 nitrogen and oxygen atoms in total. The fraction of sp³-hybridized carbons (Fsp3) is 0.0357. The molecule has 1 heterocycles. The molecule has 302 valence electrons. The van der Waals surface area contributed by atoms with Gasteiger partial charge in [-0.25, -0.2) is 9.59 Å². The number of thiophene rings is 1. The van der Waals surface area contributed by atoms with Crippen molar-refractivity contribution in [3.63, 3.8) is 0 Å². The van der Waals surface area contributed by atoms with Crippen LogP contribution in [0.2, 0.25) is 0 Å². The van der Waals surface area contributed by atoms with Gasteiger partial charge in [-0.3, -0.25) is 0 Å². The summed E-state index contributed by atoms with van der Waals surface area (Å²) in [5.74, 6) is -0.0738. The first-order valence-electron chi connectivity index (χ1n) is 20.6. The van der Waals surface area contributed by atoms with Crippen LogP contribution < -0.4 is 9.47 Å². The van der Waals surface area contributed by atoms with Crippen LogP contribution in [0.15, 0.2) is 206 Å². The zero-order valence-corrected chi connectivity index (χ0v) is 34.4. The van der Waals surface area contributed by atoms with Gasteiger partial charge in [0.1, 0.15) is 32.8 Å². The van der Waals surface area contributed by atoms with Crippen molar-refractivity contribution >= 4 is 23.3 Å². The molecule has 2 aliphatic rings. The third kappa shape index (κ3) is 5.92. The SMILES string of the molecule is O=C(Oc1ccc(C2(c3ccc(O)cc3)c3ccccc3-c3ccccc32)cc1)c1ccc(C(=O)Oc2ccc(C3(c4ccc(O)cc4)c4ccccc4-c4ccccc43)cc2)s1. The minimum Gasteiger partial charge on any atom is -0.508 e. The summed E-state index contributed by atoms with van der Waals surface area (Å²) in [6.45, 7) is 0. The van der Waals surface area contributed by atoms with E-state index in [2.05, 4.69) is 48.5 Å². The summed E-state index contributed by atoms with van der Waals surface area (Å²) in [6.07, 6.45) is 0. The number of fused-ring (bicyclic) bond motifs is 6. The number of ether oxygens (including phenoxy) is 2. The van der Waals surface area contributed by atoms with Gasteiger partial charge in [0.2, 0.25) is 0 Å². The van der Waals surface area contributed by atoms with Gasteiger partial charge in [0.05, 0.1) is 10.8 Å². The maximum Gasteiger partial charge on any atom is 0.353 e. The van der Waals surface area contributed by atoms with Crippen LogP contribution in [0.25, 0.3) is 22.3 Å². The lowest BCUT2D eigenvalue weighted by Crippen LogP contribution is -2.28. The molecule has 0 atom stereocenters. The number of aromatic hydroxyl groups is 2. The Labute approximate surface area is 367 Å². The molecule has 0 amide bonds. The number of rotatable bonds is 8. The largest absolute Gasteiger partial charge is 0.508 e. The molecule has 8 aromatic carbocycles. The first-order valence-corrected chi connectivity index (χ1v) is 21.4. The van der Waals surface area contributed by atoms with Gasteiger partial charge in [0, 0.05) is 0 Å². The third-order valence-electron chi connectivity index (χ3n) is 12.5. The molecule has 0 bridgehead atoms. The Bertz CT molecular complexity index is 2910. The molecule has 0 radical (unpaired) electrons. The molecule has 7 heteroatoms. The summed E-state index contributed by atoms with van der Waals surface area (Å²) in [6, 6.07) is 66.4. The van der Waals surface area contributed by atoms with E-state index in [-0.39, 0.29) is 21.3 Å². The number of hydrogen-bond donors (Lipinski definition) is 2. The van der Waals surface area contributed by atoms with Crippen molar-refractivity contribution in [3.05, 3.63) is 261 Å². The van der Waals surface area contributed by atoms with E-state index < -0.39 is 22.8 Å². The quantitative estimate of drug-likeness (QED) is 0.117. The monoisotopic (exact) mass is 836 g/mol. The van der Waals surface area contributed by atoms with Crippen LogP contribution >= 0.6 is 11.3 Å². The minimum absolute atomic E-state index is 0.188. The highest BCUT2D eigenvalue weighted by Crippen LogP contribution is 2.57. The topological polar surface area (TPSA) is 93.1 Å². The highest BCUT2D eigenvalue weighted by molar-refractivity contribution is 7.15. The Hall–Kier alpha value is -8.00. The number of phenolic OH excluding ortho intramolecular Hbond substituents is 2. The van der Waals surface area contributed by atoms with E-state index in [0.717, 1.165) is 78.1 Å². The number of esters is 2. The van der Waals surface area contributed by atoms with Gasteiger partial charge in [-0.05, 0) is 127 Å². The molecule has 63 heavy (non-hydrogen) atoms. The van der Waals surface area contributed by atoms with Gasteiger partial charge in [0.25, 0.3) is 0 Å². The number of benzene rings is 8. The van der Waals surface area contributed by atoms with Crippen LogP contribution in [0, 0.1) is 0 Å². The average Bonchev–Trinajstić information content (AvgIpc) is 4.02. The van der Waals surface area contributed by atoms with Crippen molar-refractivity contribution in [1.29, 1.82) is 0 Å². The molecule has 0 spiro atoms. The molecular formula is C56H36O6S. The fourth-order valence-electron chi connectivity index (χ4n) is 9.89. The zero-order chi connectivity index (χ0) is 42.7. The summed E-state index contributed by atoms with van der Waals surface area (Å²) in [4.78, 5) is 27.5.